The molecule has 178 valence electrons. The number of allylic oxidation sites excluding steroid dienone is 3. The number of halogens is 3. The minimum atomic E-state index is -4.49. The number of rotatable bonds is 11. The van der Waals surface area contributed by atoms with E-state index >= 15 is 0 Å². The van der Waals surface area contributed by atoms with Gasteiger partial charge in [-0.3, -0.25) is 4.79 Å². The van der Waals surface area contributed by atoms with E-state index in [1.807, 2.05) is 12.2 Å². The van der Waals surface area contributed by atoms with Crippen LogP contribution in [0.5, 0.6) is 5.75 Å². The second kappa shape index (κ2) is 12.2. The summed E-state index contributed by atoms with van der Waals surface area (Å²) in [6.07, 6.45) is 0.746. The van der Waals surface area contributed by atoms with Crippen LogP contribution >= 0.6 is 0 Å². The molecule has 1 aliphatic carbocycles. The van der Waals surface area contributed by atoms with Gasteiger partial charge >= 0.3 is 6.18 Å². The molecule has 2 rings (SSSR count). The molecular weight excluding hydrogens is 429 g/mol. The van der Waals surface area contributed by atoms with E-state index in [1.165, 1.54) is 24.3 Å². The molecule has 1 aromatic rings. The average Bonchev–Trinajstić information content (AvgIpc) is 2.99. The van der Waals surface area contributed by atoms with Crippen LogP contribution < -0.4 is 4.74 Å². The number of hydrogen-bond donors (Lipinski definition) is 4. The van der Waals surface area contributed by atoms with Crippen molar-refractivity contribution in [3.8, 4) is 5.75 Å². The minimum absolute atomic E-state index is 0.0149. The molecule has 0 unspecified atom stereocenters. The summed E-state index contributed by atoms with van der Waals surface area (Å²) in [5.74, 6) is -1.12. The topological polar surface area (TPSA) is 107 Å². The van der Waals surface area contributed by atoms with E-state index < -0.39 is 36.2 Å². The number of unbranched alkanes of at least 4 members (excludes halogenated alkanes) is 1. The van der Waals surface area contributed by atoms with Gasteiger partial charge in [-0.1, -0.05) is 30.4 Å². The second-order valence-corrected chi connectivity index (χ2v) is 7.83. The first-order valence-corrected chi connectivity index (χ1v) is 10.5. The van der Waals surface area contributed by atoms with Crippen molar-refractivity contribution in [1.29, 1.82) is 0 Å². The molecule has 1 fully saturated rings. The van der Waals surface area contributed by atoms with Gasteiger partial charge in [0.2, 0.25) is 0 Å². The van der Waals surface area contributed by atoms with Crippen LogP contribution in [0.15, 0.2) is 48.6 Å². The fraction of sp³-hybridized carbons (Fsp3) is 0.522. The van der Waals surface area contributed by atoms with Crippen LogP contribution in [-0.2, 0) is 11.0 Å². The lowest BCUT2D eigenvalue weighted by atomic mass is 9.90. The maximum absolute atomic E-state index is 12.8. The molecular formula is C23H29F3O6. The van der Waals surface area contributed by atoms with Crippen molar-refractivity contribution in [3.05, 3.63) is 54.1 Å². The number of Topliss-reactive ketones (excluding diaryl/α,β-unsaturated/α-hetero) is 1. The predicted molar refractivity (Wildman–Crippen MR) is 111 cm³/mol. The molecule has 0 saturated heterocycles. The van der Waals surface area contributed by atoms with Crippen LogP contribution in [0.3, 0.4) is 0 Å². The Morgan fingerprint density at radius 2 is 1.94 bits per heavy atom. The Morgan fingerprint density at radius 1 is 1.19 bits per heavy atom. The summed E-state index contributed by atoms with van der Waals surface area (Å²) < 4.78 is 43.5. The molecule has 0 amide bonds. The Kier molecular flexibility index (Phi) is 9.89. The number of hydrogen-bond acceptors (Lipinski definition) is 6. The molecule has 0 aromatic heterocycles. The zero-order valence-electron chi connectivity index (χ0n) is 17.5. The second-order valence-electron chi connectivity index (χ2n) is 7.83. The molecule has 1 saturated carbocycles. The number of aliphatic hydroxyl groups excluding tert-OH is 3. The van der Waals surface area contributed by atoms with Gasteiger partial charge in [-0.2, -0.15) is 13.2 Å². The van der Waals surface area contributed by atoms with Gasteiger partial charge < -0.3 is 25.2 Å². The van der Waals surface area contributed by atoms with Gasteiger partial charge in [-0.25, -0.2) is 0 Å². The first-order valence-electron chi connectivity index (χ1n) is 10.5. The Balaban J connectivity index is 1.87. The van der Waals surface area contributed by atoms with Gasteiger partial charge in [0.25, 0.3) is 0 Å². The zero-order chi connectivity index (χ0) is 23.7. The molecule has 1 aliphatic rings. The molecule has 4 N–H and O–H groups in total. The van der Waals surface area contributed by atoms with E-state index in [1.54, 1.807) is 0 Å². The van der Waals surface area contributed by atoms with Crippen molar-refractivity contribution in [1.82, 2.24) is 0 Å². The maximum Gasteiger partial charge on any atom is 0.416 e. The summed E-state index contributed by atoms with van der Waals surface area (Å²) in [5, 5.41) is 37.9. The molecule has 6 nitrogen and oxygen atoms in total. The van der Waals surface area contributed by atoms with Crippen molar-refractivity contribution in [2.75, 3.05) is 6.61 Å². The first-order chi connectivity index (χ1) is 15.1. The van der Waals surface area contributed by atoms with Crippen LogP contribution in [0.4, 0.5) is 13.2 Å². The third-order valence-electron chi connectivity index (χ3n) is 5.27. The smallest absolute Gasteiger partial charge is 0.416 e. The van der Waals surface area contributed by atoms with Crippen molar-refractivity contribution in [2.24, 2.45) is 11.8 Å². The predicted octanol–water partition coefficient (Wildman–Crippen LogP) is 2.99. The number of aliphatic hydroxyl groups is 4. The van der Waals surface area contributed by atoms with Gasteiger partial charge in [0, 0.05) is 18.3 Å². The van der Waals surface area contributed by atoms with Crippen LogP contribution in [0.2, 0.25) is 0 Å². The number of carbonyl (C=O) groups is 1. The van der Waals surface area contributed by atoms with Gasteiger partial charge in [-0.15, -0.1) is 0 Å². The average molecular weight is 458 g/mol. The van der Waals surface area contributed by atoms with E-state index in [2.05, 4.69) is 0 Å². The summed E-state index contributed by atoms with van der Waals surface area (Å²) in [4.78, 5) is 12.2. The largest absolute Gasteiger partial charge is 0.491 e. The summed E-state index contributed by atoms with van der Waals surface area (Å²) in [7, 11) is 0. The highest BCUT2D eigenvalue weighted by molar-refractivity contribution is 5.86. The quantitative estimate of drug-likeness (QED) is 0.231. The molecule has 32 heavy (non-hydrogen) atoms. The van der Waals surface area contributed by atoms with E-state index in [4.69, 9.17) is 14.9 Å². The number of benzene rings is 1. The molecule has 4 atom stereocenters. The van der Waals surface area contributed by atoms with Crippen LogP contribution in [-0.4, -0.2) is 51.3 Å². The molecule has 0 heterocycles. The van der Waals surface area contributed by atoms with E-state index in [0.717, 1.165) is 12.1 Å². The van der Waals surface area contributed by atoms with Crippen molar-refractivity contribution in [2.45, 2.75) is 56.8 Å². The number of ketones is 1. The lowest BCUT2D eigenvalue weighted by molar-refractivity contribution is -0.137. The highest BCUT2D eigenvalue weighted by atomic mass is 19.4. The van der Waals surface area contributed by atoms with Gasteiger partial charge in [0.05, 0.1) is 11.7 Å². The fourth-order valence-electron chi connectivity index (χ4n) is 3.56. The van der Waals surface area contributed by atoms with Crippen molar-refractivity contribution < 1.29 is 43.1 Å². The highest BCUT2D eigenvalue weighted by Gasteiger charge is 2.39. The maximum atomic E-state index is 12.8. The summed E-state index contributed by atoms with van der Waals surface area (Å²) in [6.45, 7) is -0.289. The molecule has 9 heteroatoms. The van der Waals surface area contributed by atoms with Crippen molar-refractivity contribution in [3.63, 3.8) is 0 Å². The Bertz CT molecular complexity index is 790. The molecule has 1 aromatic carbocycles. The standard InChI is InChI=1S/C23H29F3O6/c24-23(25,26)15-6-5-7-17(12-15)32-14-16(27)10-11-19-18(20(28)13-21(19)29)8-3-1-2-4-9-22(30)31/h1,3,5-7,10-12,16,18-20,22,27-28,30-31H,2,4,8-9,13-14H2/b3-1-,11-10+/t16-,18-,19-,20+/m1/s1. The van der Waals surface area contributed by atoms with Gasteiger partial charge in [-0.05, 0) is 43.9 Å². The summed E-state index contributed by atoms with van der Waals surface area (Å²) in [5.41, 5.74) is -0.853. The van der Waals surface area contributed by atoms with Crippen LogP contribution in [0.1, 0.15) is 37.7 Å². The Hall–Kier alpha value is -2.20. The van der Waals surface area contributed by atoms with Crippen LogP contribution in [0, 0.1) is 11.8 Å². The number of carbonyl (C=O) groups excluding carboxylic acids is 1. The molecule has 0 radical (unpaired) electrons. The third kappa shape index (κ3) is 8.38. The normalized spacial score (nSPS) is 23.0. The molecule has 0 aliphatic heterocycles. The highest BCUT2D eigenvalue weighted by Crippen LogP contribution is 2.34. The molecule has 0 bridgehead atoms. The van der Waals surface area contributed by atoms with E-state index in [-0.39, 0.29) is 36.9 Å². The Morgan fingerprint density at radius 3 is 2.62 bits per heavy atom. The van der Waals surface area contributed by atoms with E-state index in [0.29, 0.717) is 19.3 Å². The van der Waals surface area contributed by atoms with Crippen LogP contribution in [0.25, 0.3) is 0 Å². The first kappa shape index (κ1) is 26.1. The van der Waals surface area contributed by atoms with Gasteiger partial charge in [0.1, 0.15) is 24.2 Å². The lowest BCUT2D eigenvalue weighted by Crippen LogP contribution is -2.20. The number of ether oxygens (including phenoxy) is 1. The minimum Gasteiger partial charge on any atom is -0.491 e. The van der Waals surface area contributed by atoms with Crippen molar-refractivity contribution >= 4 is 5.78 Å². The van der Waals surface area contributed by atoms with E-state index in [9.17, 15) is 28.2 Å². The monoisotopic (exact) mass is 458 g/mol. The summed E-state index contributed by atoms with van der Waals surface area (Å²) >= 11 is 0. The van der Waals surface area contributed by atoms with Gasteiger partial charge in [0.15, 0.2) is 6.29 Å². The summed E-state index contributed by atoms with van der Waals surface area (Å²) in [6, 6.07) is 4.33. The zero-order valence-corrected chi connectivity index (χ0v) is 17.5. The Labute approximate surface area is 184 Å². The third-order valence-corrected chi connectivity index (χ3v) is 5.27. The lowest BCUT2D eigenvalue weighted by Gasteiger charge is -2.17. The fourth-order valence-corrected chi connectivity index (χ4v) is 3.56. The number of alkyl halides is 3. The molecule has 0 spiro atoms. The SMILES string of the molecule is O=C1C[C@H](O)[C@H](C/C=C\CCCC(O)O)[C@H]1/C=C/[C@@H](O)COc1cccc(C(F)(F)F)c1.